The van der Waals surface area contributed by atoms with Crippen molar-refractivity contribution in [3.8, 4) is 0 Å². The number of ether oxygens (including phenoxy) is 1. The van der Waals surface area contributed by atoms with E-state index in [0.717, 1.165) is 0 Å². The summed E-state index contributed by atoms with van der Waals surface area (Å²) in [5.74, 6) is 0. The van der Waals surface area contributed by atoms with E-state index in [2.05, 4.69) is 26.8 Å². The molecule has 0 aliphatic heterocycles. The number of methoxy groups -OCH3 is 1. The van der Waals surface area contributed by atoms with Crippen molar-refractivity contribution < 1.29 is 4.74 Å². The van der Waals surface area contributed by atoms with E-state index in [1.54, 1.807) is 7.11 Å². The molecular formula is C10H18O. The number of rotatable bonds is 1. The van der Waals surface area contributed by atoms with Crippen molar-refractivity contribution in [2.24, 2.45) is 5.41 Å². The largest absolute Gasteiger partial charge is 0.377 e. The van der Waals surface area contributed by atoms with Gasteiger partial charge in [-0.05, 0) is 25.2 Å². The van der Waals surface area contributed by atoms with Crippen LogP contribution in [0.4, 0.5) is 0 Å². The Morgan fingerprint density at radius 2 is 2.18 bits per heavy atom. The van der Waals surface area contributed by atoms with E-state index in [1.165, 1.54) is 18.4 Å². The molecule has 0 bridgehead atoms. The molecule has 11 heavy (non-hydrogen) atoms. The highest BCUT2D eigenvalue weighted by atomic mass is 16.5. The standard InChI is InChI=1S/C10H18O/c1-8-5-6-10(2,3)9(7-8)11-4/h7,9H,5-6H2,1-4H3. The van der Waals surface area contributed by atoms with Crippen molar-refractivity contribution in [3.63, 3.8) is 0 Å². The van der Waals surface area contributed by atoms with Crippen LogP contribution in [0.5, 0.6) is 0 Å². The first-order valence-electron chi connectivity index (χ1n) is 4.26. The normalized spacial score (nSPS) is 29.8. The van der Waals surface area contributed by atoms with Crippen LogP contribution >= 0.6 is 0 Å². The van der Waals surface area contributed by atoms with Crippen molar-refractivity contribution in [2.45, 2.75) is 39.7 Å². The van der Waals surface area contributed by atoms with E-state index in [-0.39, 0.29) is 0 Å². The van der Waals surface area contributed by atoms with Gasteiger partial charge in [0.15, 0.2) is 0 Å². The van der Waals surface area contributed by atoms with Gasteiger partial charge < -0.3 is 4.74 Å². The molecule has 0 saturated heterocycles. The second-order valence-electron chi connectivity index (χ2n) is 4.16. The Hall–Kier alpha value is -0.300. The topological polar surface area (TPSA) is 9.23 Å². The van der Waals surface area contributed by atoms with E-state index in [1.807, 2.05) is 0 Å². The van der Waals surface area contributed by atoms with E-state index >= 15 is 0 Å². The van der Waals surface area contributed by atoms with Crippen molar-refractivity contribution in [3.05, 3.63) is 11.6 Å². The number of hydrogen-bond acceptors (Lipinski definition) is 1. The summed E-state index contributed by atoms with van der Waals surface area (Å²) in [4.78, 5) is 0. The Morgan fingerprint density at radius 1 is 1.55 bits per heavy atom. The minimum Gasteiger partial charge on any atom is -0.377 e. The Bertz CT molecular complexity index is 168. The molecule has 0 aromatic heterocycles. The maximum Gasteiger partial charge on any atom is 0.0805 e. The van der Waals surface area contributed by atoms with E-state index in [0.29, 0.717) is 11.5 Å². The van der Waals surface area contributed by atoms with Crippen LogP contribution in [-0.2, 0) is 4.74 Å². The van der Waals surface area contributed by atoms with Crippen molar-refractivity contribution in [2.75, 3.05) is 7.11 Å². The van der Waals surface area contributed by atoms with Crippen LogP contribution < -0.4 is 0 Å². The average Bonchev–Trinajstić information content (AvgIpc) is 1.94. The molecule has 0 aromatic carbocycles. The van der Waals surface area contributed by atoms with Crippen molar-refractivity contribution in [1.29, 1.82) is 0 Å². The highest BCUT2D eigenvalue weighted by molar-refractivity contribution is 5.11. The summed E-state index contributed by atoms with van der Waals surface area (Å²) >= 11 is 0. The lowest BCUT2D eigenvalue weighted by Crippen LogP contribution is -2.32. The zero-order valence-electron chi connectivity index (χ0n) is 7.98. The van der Waals surface area contributed by atoms with Gasteiger partial charge in [0.25, 0.3) is 0 Å². The number of hydrogen-bond donors (Lipinski definition) is 0. The van der Waals surface area contributed by atoms with Crippen LogP contribution in [0.3, 0.4) is 0 Å². The van der Waals surface area contributed by atoms with E-state index in [9.17, 15) is 0 Å². The van der Waals surface area contributed by atoms with Crippen LogP contribution in [0.25, 0.3) is 0 Å². The van der Waals surface area contributed by atoms with Gasteiger partial charge in [0.2, 0.25) is 0 Å². The first-order valence-corrected chi connectivity index (χ1v) is 4.26. The second-order valence-corrected chi connectivity index (χ2v) is 4.16. The summed E-state index contributed by atoms with van der Waals surface area (Å²) in [6.07, 6.45) is 5.04. The van der Waals surface area contributed by atoms with Crippen LogP contribution in [0.2, 0.25) is 0 Å². The van der Waals surface area contributed by atoms with Gasteiger partial charge in [0, 0.05) is 7.11 Å². The third-order valence-electron chi connectivity index (χ3n) is 2.62. The van der Waals surface area contributed by atoms with Crippen LogP contribution in [0.1, 0.15) is 33.6 Å². The maximum absolute atomic E-state index is 5.40. The lowest BCUT2D eigenvalue weighted by atomic mass is 9.76. The first-order chi connectivity index (χ1) is 5.06. The van der Waals surface area contributed by atoms with E-state index < -0.39 is 0 Å². The molecule has 1 nitrogen and oxygen atoms in total. The summed E-state index contributed by atoms with van der Waals surface area (Å²) < 4.78 is 5.40. The Kier molecular flexibility index (Phi) is 2.38. The zero-order chi connectivity index (χ0) is 8.48. The van der Waals surface area contributed by atoms with Crippen LogP contribution in [0.15, 0.2) is 11.6 Å². The zero-order valence-corrected chi connectivity index (χ0v) is 7.98. The molecule has 64 valence electrons. The summed E-state index contributed by atoms with van der Waals surface area (Å²) in [5.41, 5.74) is 1.80. The first kappa shape index (κ1) is 8.79. The third-order valence-corrected chi connectivity index (χ3v) is 2.62. The van der Waals surface area contributed by atoms with Gasteiger partial charge >= 0.3 is 0 Å². The fourth-order valence-electron chi connectivity index (χ4n) is 1.62. The van der Waals surface area contributed by atoms with Gasteiger partial charge in [-0.1, -0.05) is 25.5 Å². The van der Waals surface area contributed by atoms with Gasteiger partial charge in [0.05, 0.1) is 6.10 Å². The number of allylic oxidation sites excluding steroid dienone is 1. The molecule has 1 aliphatic carbocycles. The van der Waals surface area contributed by atoms with Crippen molar-refractivity contribution in [1.82, 2.24) is 0 Å². The fourth-order valence-corrected chi connectivity index (χ4v) is 1.62. The quantitative estimate of drug-likeness (QED) is 0.528. The van der Waals surface area contributed by atoms with Gasteiger partial charge in [-0.25, -0.2) is 0 Å². The molecule has 1 rings (SSSR count). The third kappa shape index (κ3) is 1.84. The molecule has 1 unspecified atom stereocenters. The predicted molar refractivity (Wildman–Crippen MR) is 47.6 cm³/mol. The predicted octanol–water partition coefficient (Wildman–Crippen LogP) is 2.77. The molecule has 0 radical (unpaired) electrons. The van der Waals surface area contributed by atoms with Gasteiger partial charge in [0.1, 0.15) is 0 Å². The molecule has 0 saturated carbocycles. The van der Waals surface area contributed by atoms with E-state index in [4.69, 9.17) is 4.74 Å². The minimum absolute atomic E-state index is 0.316. The summed E-state index contributed by atoms with van der Waals surface area (Å²) in [6, 6.07) is 0. The SMILES string of the molecule is COC1C=C(C)CCC1(C)C. The highest BCUT2D eigenvalue weighted by Crippen LogP contribution is 2.35. The van der Waals surface area contributed by atoms with Crippen molar-refractivity contribution >= 4 is 0 Å². The molecule has 0 amide bonds. The van der Waals surface area contributed by atoms with Gasteiger partial charge in [-0.2, -0.15) is 0 Å². The van der Waals surface area contributed by atoms with Crippen LogP contribution in [-0.4, -0.2) is 13.2 Å². The fraction of sp³-hybridized carbons (Fsp3) is 0.800. The lowest BCUT2D eigenvalue weighted by molar-refractivity contribution is 0.0310. The molecule has 0 fully saturated rings. The molecule has 0 aromatic rings. The lowest BCUT2D eigenvalue weighted by Gasteiger charge is -2.35. The molecule has 1 aliphatic rings. The molecular weight excluding hydrogens is 136 g/mol. The maximum atomic E-state index is 5.40. The Labute approximate surface area is 69.4 Å². The Balaban J connectivity index is 2.75. The minimum atomic E-state index is 0.316. The highest BCUT2D eigenvalue weighted by Gasteiger charge is 2.30. The van der Waals surface area contributed by atoms with Crippen LogP contribution in [0, 0.1) is 5.41 Å². The summed E-state index contributed by atoms with van der Waals surface area (Å²) in [7, 11) is 1.79. The smallest absolute Gasteiger partial charge is 0.0805 e. The second kappa shape index (κ2) is 2.98. The molecule has 0 N–H and O–H groups in total. The average molecular weight is 154 g/mol. The summed E-state index contributed by atoms with van der Waals surface area (Å²) in [5, 5.41) is 0. The molecule has 1 atom stereocenters. The molecule has 0 spiro atoms. The molecule has 0 heterocycles. The van der Waals surface area contributed by atoms with Gasteiger partial charge in [-0.3, -0.25) is 0 Å². The summed E-state index contributed by atoms with van der Waals surface area (Å²) in [6.45, 7) is 6.72. The Morgan fingerprint density at radius 3 is 2.64 bits per heavy atom. The monoisotopic (exact) mass is 154 g/mol. The molecule has 1 heteroatoms. The van der Waals surface area contributed by atoms with Gasteiger partial charge in [-0.15, -0.1) is 0 Å².